The molecule has 3 rings (SSSR count). The lowest BCUT2D eigenvalue weighted by molar-refractivity contribution is -0.131. The molecule has 0 saturated heterocycles. The van der Waals surface area contributed by atoms with Gasteiger partial charge in [0.05, 0.1) is 11.3 Å². The van der Waals surface area contributed by atoms with Crippen molar-refractivity contribution in [2.75, 3.05) is 10.6 Å². The van der Waals surface area contributed by atoms with Crippen LogP contribution in [0.1, 0.15) is 29.5 Å². The number of nitrogens with zero attached hydrogens (tertiary/aromatic N) is 1. The molecule has 25 heavy (non-hydrogen) atoms. The number of amides is 2. The van der Waals surface area contributed by atoms with Gasteiger partial charge >= 0.3 is 0 Å². The Morgan fingerprint density at radius 2 is 1.64 bits per heavy atom. The molecule has 0 heterocycles. The standard InChI is InChI=1S/C20H19N3O2/c1-13-7-8-16(14(2)11-13)22-18(24)20(9-10-20)19(25)23-17-6-4-3-5-15(17)12-21/h3-8,11H,9-10H2,1-2H3,(H,22,24)(H,23,25). The van der Waals surface area contributed by atoms with E-state index < -0.39 is 5.41 Å². The second-order valence-corrected chi connectivity index (χ2v) is 6.47. The lowest BCUT2D eigenvalue weighted by atomic mass is 10.0. The highest BCUT2D eigenvalue weighted by Gasteiger charge is 2.56. The van der Waals surface area contributed by atoms with E-state index in [1.54, 1.807) is 24.3 Å². The van der Waals surface area contributed by atoms with Crippen LogP contribution in [0.2, 0.25) is 0 Å². The Morgan fingerprint density at radius 1 is 1.00 bits per heavy atom. The highest BCUT2D eigenvalue weighted by Crippen LogP contribution is 2.47. The number of carbonyl (C=O) groups excluding carboxylic acids is 2. The molecule has 0 unspecified atom stereocenters. The first-order valence-electron chi connectivity index (χ1n) is 8.15. The van der Waals surface area contributed by atoms with Crippen LogP contribution >= 0.6 is 0 Å². The Hall–Kier alpha value is -3.13. The van der Waals surface area contributed by atoms with Crippen molar-refractivity contribution in [2.24, 2.45) is 5.41 Å². The number of nitriles is 1. The van der Waals surface area contributed by atoms with Gasteiger partial charge in [0, 0.05) is 5.69 Å². The van der Waals surface area contributed by atoms with Gasteiger partial charge in [-0.05, 0) is 50.5 Å². The molecule has 2 aromatic carbocycles. The van der Waals surface area contributed by atoms with Gasteiger partial charge in [0.15, 0.2) is 0 Å². The number of para-hydroxylation sites is 1. The topological polar surface area (TPSA) is 82.0 Å². The van der Waals surface area contributed by atoms with E-state index >= 15 is 0 Å². The first-order valence-corrected chi connectivity index (χ1v) is 8.15. The van der Waals surface area contributed by atoms with Crippen molar-refractivity contribution in [3.63, 3.8) is 0 Å². The monoisotopic (exact) mass is 333 g/mol. The lowest BCUT2D eigenvalue weighted by Gasteiger charge is -2.17. The van der Waals surface area contributed by atoms with Gasteiger partial charge in [-0.3, -0.25) is 9.59 Å². The van der Waals surface area contributed by atoms with E-state index in [0.717, 1.165) is 11.1 Å². The number of carbonyl (C=O) groups is 2. The molecule has 0 atom stereocenters. The summed E-state index contributed by atoms with van der Waals surface area (Å²) >= 11 is 0. The Morgan fingerprint density at radius 3 is 2.24 bits per heavy atom. The van der Waals surface area contributed by atoms with Crippen LogP contribution in [0, 0.1) is 30.6 Å². The third kappa shape index (κ3) is 3.24. The fourth-order valence-electron chi connectivity index (χ4n) is 2.81. The summed E-state index contributed by atoms with van der Waals surface area (Å²) in [4.78, 5) is 25.3. The smallest absolute Gasteiger partial charge is 0.240 e. The summed E-state index contributed by atoms with van der Waals surface area (Å²) in [5.74, 6) is -0.663. The molecule has 0 bridgehead atoms. The van der Waals surface area contributed by atoms with Crippen molar-refractivity contribution in [1.82, 2.24) is 0 Å². The molecule has 2 aromatic rings. The van der Waals surface area contributed by atoms with Crippen LogP contribution in [0.15, 0.2) is 42.5 Å². The average Bonchev–Trinajstić information content (AvgIpc) is 3.40. The van der Waals surface area contributed by atoms with Crippen LogP contribution in [0.25, 0.3) is 0 Å². The van der Waals surface area contributed by atoms with Crippen LogP contribution in [0.5, 0.6) is 0 Å². The van der Waals surface area contributed by atoms with E-state index in [1.165, 1.54) is 0 Å². The minimum absolute atomic E-state index is 0.300. The van der Waals surface area contributed by atoms with Gasteiger partial charge in [-0.1, -0.05) is 29.8 Å². The van der Waals surface area contributed by atoms with Crippen molar-refractivity contribution in [3.8, 4) is 6.07 Å². The number of benzene rings is 2. The number of hydrogen-bond acceptors (Lipinski definition) is 3. The third-order valence-corrected chi connectivity index (χ3v) is 4.55. The molecule has 2 N–H and O–H groups in total. The number of hydrogen-bond donors (Lipinski definition) is 2. The Labute approximate surface area is 146 Å². The number of aryl methyl sites for hydroxylation is 2. The third-order valence-electron chi connectivity index (χ3n) is 4.55. The van der Waals surface area contributed by atoms with Crippen molar-refractivity contribution in [1.29, 1.82) is 5.26 Å². The molecule has 1 aliphatic carbocycles. The van der Waals surface area contributed by atoms with Gasteiger partial charge in [-0.25, -0.2) is 0 Å². The first kappa shape index (κ1) is 16.7. The molecule has 2 amide bonds. The van der Waals surface area contributed by atoms with E-state index in [4.69, 9.17) is 5.26 Å². The predicted molar refractivity (Wildman–Crippen MR) is 96.0 cm³/mol. The van der Waals surface area contributed by atoms with E-state index in [2.05, 4.69) is 10.6 Å². The van der Waals surface area contributed by atoms with Crippen molar-refractivity contribution in [2.45, 2.75) is 26.7 Å². The average molecular weight is 333 g/mol. The Balaban J connectivity index is 1.76. The summed E-state index contributed by atoms with van der Waals surface area (Å²) in [7, 11) is 0. The van der Waals surface area contributed by atoms with Gasteiger partial charge in [-0.2, -0.15) is 5.26 Å². The molecule has 0 aliphatic heterocycles. The zero-order chi connectivity index (χ0) is 18.0. The molecular formula is C20H19N3O2. The highest BCUT2D eigenvalue weighted by atomic mass is 16.2. The molecule has 126 valence electrons. The van der Waals surface area contributed by atoms with Gasteiger partial charge in [0.25, 0.3) is 0 Å². The summed E-state index contributed by atoms with van der Waals surface area (Å²) in [5.41, 5.74) is 2.54. The van der Waals surface area contributed by atoms with Crippen molar-refractivity contribution in [3.05, 3.63) is 59.2 Å². The summed E-state index contributed by atoms with van der Waals surface area (Å²) < 4.78 is 0. The lowest BCUT2D eigenvalue weighted by Crippen LogP contribution is -2.36. The summed E-state index contributed by atoms with van der Waals surface area (Å²) in [6.07, 6.45) is 1.01. The van der Waals surface area contributed by atoms with Crippen LogP contribution in [-0.2, 0) is 9.59 Å². The maximum Gasteiger partial charge on any atom is 0.240 e. The van der Waals surface area contributed by atoms with Gasteiger partial charge < -0.3 is 10.6 Å². The van der Waals surface area contributed by atoms with E-state index in [-0.39, 0.29) is 11.8 Å². The normalized spacial score (nSPS) is 14.3. The van der Waals surface area contributed by atoms with Gasteiger partial charge in [0.1, 0.15) is 11.5 Å². The Kier molecular flexibility index (Phi) is 4.28. The van der Waals surface area contributed by atoms with Gasteiger partial charge in [0.2, 0.25) is 11.8 Å². The molecule has 0 radical (unpaired) electrons. The number of rotatable bonds is 4. The fraction of sp³-hybridized carbons (Fsp3) is 0.250. The molecule has 5 heteroatoms. The largest absolute Gasteiger partial charge is 0.325 e. The van der Waals surface area contributed by atoms with Crippen LogP contribution in [0.4, 0.5) is 11.4 Å². The number of anilines is 2. The second-order valence-electron chi connectivity index (χ2n) is 6.47. The van der Waals surface area contributed by atoms with Crippen LogP contribution in [0.3, 0.4) is 0 Å². The van der Waals surface area contributed by atoms with Crippen molar-refractivity contribution >= 4 is 23.2 Å². The highest BCUT2D eigenvalue weighted by molar-refractivity contribution is 6.17. The molecule has 0 aromatic heterocycles. The van der Waals surface area contributed by atoms with Crippen LogP contribution < -0.4 is 10.6 Å². The van der Waals surface area contributed by atoms with E-state index in [0.29, 0.717) is 29.8 Å². The molecule has 0 spiro atoms. The summed E-state index contributed by atoms with van der Waals surface area (Å²) in [6, 6.07) is 14.6. The maximum absolute atomic E-state index is 12.7. The molecule has 1 saturated carbocycles. The van der Waals surface area contributed by atoms with Gasteiger partial charge in [-0.15, -0.1) is 0 Å². The molecule has 1 aliphatic rings. The summed E-state index contributed by atoms with van der Waals surface area (Å²) in [5, 5.41) is 14.7. The minimum Gasteiger partial charge on any atom is -0.325 e. The van der Waals surface area contributed by atoms with Crippen LogP contribution in [-0.4, -0.2) is 11.8 Å². The maximum atomic E-state index is 12.7. The number of nitrogens with one attached hydrogen (secondary N) is 2. The quantitative estimate of drug-likeness (QED) is 0.840. The summed E-state index contributed by atoms with van der Waals surface area (Å²) in [6.45, 7) is 3.91. The first-order chi connectivity index (χ1) is 12.0. The van der Waals surface area contributed by atoms with E-state index in [1.807, 2.05) is 38.1 Å². The fourth-order valence-corrected chi connectivity index (χ4v) is 2.81. The predicted octanol–water partition coefficient (Wildman–Crippen LogP) is 3.53. The zero-order valence-corrected chi connectivity index (χ0v) is 14.2. The molecule has 1 fully saturated rings. The molecule has 5 nitrogen and oxygen atoms in total. The SMILES string of the molecule is Cc1ccc(NC(=O)C2(C(=O)Nc3ccccc3C#N)CC2)c(C)c1. The van der Waals surface area contributed by atoms with E-state index in [9.17, 15) is 9.59 Å². The van der Waals surface area contributed by atoms with Crippen molar-refractivity contribution < 1.29 is 9.59 Å². The zero-order valence-electron chi connectivity index (χ0n) is 14.2. The molecular weight excluding hydrogens is 314 g/mol. The Bertz CT molecular complexity index is 892. The second kappa shape index (κ2) is 6.40. The minimum atomic E-state index is -1.06.